The first-order valence-corrected chi connectivity index (χ1v) is 7.64. The quantitative estimate of drug-likeness (QED) is 0.541. The molecule has 1 nitrogen and oxygen atoms in total. The minimum absolute atomic E-state index is 0.134. The number of nitrogens with two attached hydrogens (primary N) is 1. The first kappa shape index (κ1) is 17.5. The SMILES string of the molecule is CC1=C(/C=C/C(C)=C/C=C/C(C)=C/CN)C(C)(C)C=CC1. The predicted molar refractivity (Wildman–Crippen MR) is 95.1 cm³/mol. The van der Waals surface area contributed by atoms with Crippen LogP contribution in [-0.2, 0) is 0 Å². The maximum atomic E-state index is 5.48. The summed E-state index contributed by atoms with van der Waals surface area (Å²) in [5.41, 5.74) is 11.0. The molecule has 0 aromatic carbocycles. The van der Waals surface area contributed by atoms with Crippen LogP contribution >= 0.6 is 0 Å². The maximum absolute atomic E-state index is 5.48. The first-order valence-electron chi connectivity index (χ1n) is 7.64. The van der Waals surface area contributed by atoms with Crippen molar-refractivity contribution in [1.82, 2.24) is 0 Å². The predicted octanol–water partition coefficient (Wildman–Crippen LogP) is 5.25. The minimum Gasteiger partial charge on any atom is -0.327 e. The Kier molecular flexibility index (Phi) is 6.64. The van der Waals surface area contributed by atoms with E-state index in [1.807, 2.05) is 6.08 Å². The summed E-state index contributed by atoms with van der Waals surface area (Å²) in [5, 5.41) is 0. The highest BCUT2D eigenvalue weighted by Crippen LogP contribution is 2.36. The third-order valence-corrected chi connectivity index (χ3v) is 3.78. The molecule has 0 fully saturated rings. The van der Waals surface area contributed by atoms with Crippen LogP contribution in [0, 0.1) is 5.41 Å². The molecular weight excluding hydrogens is 254 g/mol. The second-order valence-corrected chi connectivity index (χ2v) is 6.31. The van der Waals surface area contributed by atoms with Gasteiger partial charge in [-0.2, -0.15) is 0 Å². The van der Waals surface area contributed by atoms with Crippen molar-refractivity contribution in [2.45, 2.75) is 41.0 Å². The molecule has 0 atom stereocenters. The molecule has 0 saturated heterocycles. The summed E-state index contributed by atoms with van der Waals surface area (Å²) >= 11 is 0. The molecule has 2 N–H and O–H groups in total. The van der Waals surface area contributed by atoms with Crippen LogP contribution in [0.1, 0.15) is 41.0 Å². The van der Waals surface area contributed by atoms with Crippen molar-refractivity contribution in [3.63, 3.8) is 0 Å². The fraction of sp³-hybridized carbons (Fsp3) is 0.400. The van der Waals surface area contributed by atoms with E-state index in [1.165, 1.54) is 22.3 Å². The van der Waals surface area contributed by atoms with Gasteiger partial charge < -0.3 is 5.73 Å². The van der Waals surface area contributed by atoms with Crippen molar-refractivity contribution in [1.29, 1.82) is 0 Å². The summed E-state index contributed by atoms with van der Waals surface area (Å²) in [6.07, 6.45) is 18.4. The Morgan fingerprint density at radius 2 is 1.95 bits per heavy atom. The van der Waals surface area contributed by atoms with Crippen molar-refractivity contribution in [3.05, 3.63) is 70.9 Å². The molecule has 1 rings (SSSR count). The highest BCUT2D eigenvalue weighted by molar-refractivity contribution is 5.41. The molecule has 0 spiro atoms. The van der Waals surface area contributed by atoms with Gasteiger partial charge in [0.25, 0.3) is 0 Å². The second-order valence-electron chi connectivity index (χ2n) is 6.31. The van der Waals surface area contributed by atoms with E-state index in [0.717, 1.165) is 6.42 Å². The molecule has 114 valence electrons. The lowest BCUT2D eigenvalue weighted by Gasteiger charge is -2.28. The topological polar surface area (TPSA) is 26.0 Å². The summed E-state index contributed by atoms with van der Waals surface area (Å²) in [4.78, 5) is 0. The van der Waals surface area contributed by atoms with Crippen LogP contribution in [-0.4, -0.2) is 6.54 Å². The molecule has 0 heterocycles. The molecule has 1 heteroatoms. The standard InChI is InChI=1S/C20H29N/c1-16(8-6-9-17(2)13-15-21)11-12-19-18(3)10-7-14-20(19,4)5/h6-9,11-14H,10,15,21H2,1-5H3/b9-6+,12-11+,16-8+,17-13+. The molecule has 1 aliphatic rings. The van der Waals surface area contributed by atoms with Gasteiger partial charge >= 0.3 is 0 Å². The van der Waals surface area contributed by atoms with Crippen LogP contribution in [0.25, 0.3) is 0 Å². The largest absolute Gasteiger partial charge is 0.327 e. The molecule has 0 aliphatic heterocycles. The maximum Gasteiger partial charge on any atom is 0.0112 e. The summed E-state index contributed by atoms with van der Waals surface area (Å²) in [6.45, 7) is 11.6. The third kappa shape index (κ3) is 5.73. The smallest absolute Gasteiger partial charge is 0.0112 e. The van der Waals surface area contributed by atoms with Crippen LogP contribution < -0.4 is 5.73 Å². The van der Waals surface area contributed by atoms with Crippen LogP contribution in [0.3, 0.4) is 0 Å². The van der Waals surface area contributed by atoms with E-state index >= 15 is 0 Å². The molecule has 0 saturated carbocycles. The lowest BCUT2D eigenvalue weighted by Crippen LogP contribution is -2.14. The highest BCUT2D eigenvalue weighted by atomic mass is 14.5. The van der Waals surface area contributed by atoms with Crippen molar-refractivity contribution in [2.24, 2.45) is 11.1 Å². The van der Waals surface area contributed by atoms with Gasteiger partial charge in [-0.1, -0.05) is 79.2 Å². The van der Waals surface area contributed by atoms with Gasteiger partial charge in [0.05, 0.1) is 0 Å². The normalized spacial score (nSPS) is 20.1. The van der Waals surface area contributed by atoms with Crippen LogP contribution in [0.4, 0.5) is 0 Å². The highest BCUT2D eigenvalue weighted by Gasteiger charge is 2.22. The number of hydrogen-bond donors (Lipinski definition) is 1. The number of allylic oxidation sites excluding steroid dienone is 11. The summed E-state index contributed by atoms with van der Waals surface area (Å²) < 4.78 is 0. The lowest BCUT2D eigenvalue weighted by atomic mass is 9.77. The van der Waals surface area contributed by atoms with Crippen LogP contribution in [0.15, 0.2) is 70.9 Å². The average molecular weight is 283 g/mol. The van der Waals surface area contributed by atoms with Gasteiger partial charge in [0.2, 0.25) is 0 Å². The Hall–Kier alpha value is -1.60. The zero-order chi connectivity index (χ0) is 15.9. The molecule has 21 heavy (non-hydrogen) atoms. The number of rotatable bonds is 5. The van der Waals surface area contributed by atoms with Gasteiger partial charge in [0, 0.05) is 12.0 Å². The second kappa shape index (κ2) is 7.99. The van der Waals surface area contributed by atoms with E-state index in [0.29, 0.717) is 6.54 Å². The van der Waals surface area contributed by atoms with E-state index < -0.39 is 0 Å². The van der Waals surface area contributed by atoms with Crippen molar-refractivity contribution in [3.8, 4) is 0 Å². The van der Waals surface area contributed by atoms with E-state index in [2.05, 4.69) is 77.2 Å². The molecule has 0 unspecified atom stereocenters. The first-order chi connectivity index (χ1) is 9.86. The van der Waals surface area contributed by atoms with Gasteiger partial charge in [0.1, 0.15) is 0 Å². The zero-order valence-corrected chi connectivity index (χ0v) is 14.1. The molecule has 0 aromatic heterocycles. The Morgan fingerprint density at radius 1 is 1.24 bits per heavy atom. The third-order valence-electron chi connectivity index (χ3n) is 3.78. The average Bonchev–Trinajstić information content (AvgIpc) is 2.37. The Balaban J connectivity index is 2.78. The monoisotopic (exact) mass is 283 g/mol. The molecule has 1 aliphatic carbocycles. The Bertz CT molecular complexity index is 534. The van der Waals surface area contributed by atoms with Crippen molar-refractivity contribution in [2.75, 3.05) is 6.54 Å². The minimum atomic E-state index is 0.134. The van der Waals surface area contributed by atoms with Crippen molar-refractivity contribution < 1.29 is 0 Å². The van der Waals surface area contributed by atoms with Crippen LogP contribution in [0.5, 0.6) is 0 Å². The Morgan fingerprint density at radius 3 is 2.57 bits per heavy atom. The van der Waals surface area contributed by atoms with Gasteiger partial charge in [-0.15, -0.1) is 0 Å². The zero-order valence-electron chi connectivity index (χ0n) is 14.1. The summed E-state index contributed by atoms with van der Waals surface area (Å²) in [6, 6.07) is 0. The number of hydrogen-bond acceptors (Lipinski definition) is 1. The summed E-state index contributed by atoms with van der Waals surface area (Å²) in [5.74, 6) is 0. The van der Waals surface area contributed by atoms with Gasteiger partial charge in [-0.3, -0.25) is 0 Å². The fourth-order valence-electron chi connectivity index (χ4n) is 2.51. The fourth-order valence-corrected chi connectivity index (χ4v) is 2.51. The molecule has 0 radical (unpaired) electrons. The summed E-state index contributed by atoms with van der Waals surface area (Å²) in [7, 11) is 0. The molecular formula is C20H29N. The van der Waals surface area contributed by atoms with Gasteiger partial charge in [0.15, 0.2) is 0 Å². The molecule has 0 amide bonds. The molecule has 0 bridgehead atoms. The van der Waals surface area contributed by atoms with Crippen molar-refractivity contribution >= 4 is 0 Å². The molecule has 0 aromatic rings. The van der Waals surface area contributed by atoms with E-state index in [1.54, 1.807) is 0 Å². The van der Waals surface area contributed by atoms with E-state index in [9.17, 15) is 0 Å². The van der Waals surface area contributed by atoms with Gasteiger partial charge in [-0.25, -0.2) is 0 Å². The van der Waals surface area contributed by atoms with E-state index in [-0.39, 0.29) is 5.41 Å². The van der Waals surface area contributed by atoms with E-state index in [4.69, 9.17) is 5.73 Å². The Labute approximate surface area is 130 Å². The van der Waals surface area contributed by atoms with Gasteiger partial charge in [-0.05, 0) is 32.8 Å². The van der Waals surface area contributed by atoms with Crippen LogP contribution in [0.2, 0.25) is 0 Å². The lowest BCUT2D eigenvalue weighted by molar-refractivity contribution is 0.575.